The monoisotopic (exact) mass is 213 g/mol. The molecule has 5 heteroatoms. The van der Waals surface area contributed by atoms with Crippen LogP contribution in [0.2, 0.25) is 0 Å². The smallest absolute Gasteiger partial charge is 0.274 e. The van der Waals surface area contributed by atoms with Gasteiger partial charge in [-0.15, -0.1) is 0 Å². The van der Waals surface area contributed by atoms with Gasteiger partial charge in [0.1, 0.15) is 0 Å². The summed E-state index contributed by atoms with van der Waals surface area (Å²) >= 11 is 0. The van der Waals surface area contributed by atoms with Crippen molar-refractivity contribution in [3.8, 4) is 0 Å². The van der Waals surface area contributed by atoms with E-state index in [2.05, 4.69) is 0 Å². The van der Waals surface area contributed by atoms with Crippen molar-refractivity contribution >= 4 is 15.1 Å². The lowest BCUT2D eigenvalue weighted by atomic mass is 10.2. The van der Waals surface area contributed by atoms with Gasteiger partial charge in [0.05, 0.1) is 0 Å². The molecular weight excluding hydrogens is 202 g/mol. The van der Waals surface area contributed by atoms with Gasteiger partial charge in [-0.25, -0.2) is 13.1 Å². The number of hydrogen-bond donors (Lipinski definition) is 1. The first-order valence-electron chi connectivity index (χ1n) is 4.06. The van der Waals surface area contributed by atoms with E-state index < -0.39 is 15.1 Å². The second-order valence-electron chi connectivity index (χ2n) is 2.74. The Kier molecular flexibility index (Phi) is 3.38. The third kappa shape index (κ3) is 2.65. The molecule has 14 heavy (non-hydrogen) atoms. The molecule has 4 nitrogen and oxygen atoms in total. The lowest BCUT2D eigenvalue weighted by Crippen LogP contribution is -2.28. The molecular formula is C9H11NO3S. The Hall–Kier alpha value is -1.20. The SMILES string of the molecule is CNS(=O)(=O)C(=O)Cc1ccccc1. The first-order valence-corrected chi connectivity index (χ1v) is 5.55. The fraction of sp³-hybridized carbons (Fsp3) is 0.222. The predicted octanol–water partition coefficient (Wildman–Crippen LogP) is 0.305. The molecule has 1 aromatic carbocycles. The summed E-state index contributed by atoms with van der Waals surface area (Å²) in [6, 6.07) is 8.75. The Morgan fingerprint density at radius 3 is 2.36 bits per heavy atom. The number of sulfonamides is 1. The summed E-state index contributed by atoms with van der Waals surface area (Å²) in [5.74, 6) is 0. The molecule has 0 atom stereocenters. The van der Waals surface area contributed by atoms with Gasteiger partial charge in [-0.2, -0.15) is 0 Å². The minimum Gasteiger partial charge on any atom is -0.280 e. The van der Waals surface area contributed by atoms with Crippen molar-refractivity contribution in [3.05, 3.63) is 35.9 Å². The van der Waals surface area contributed by atoms with Crippen molar-refractivity contribution in [3.63, 3.8) is 0 Å². The highest BCUT2D eigenvalue weighted by Gasteiger charge is 2.19. The Balaban J connectivity index is 2.77. The van der Waals surface area contributed by atoms with Gasteiger partial charge in [-0.1, -0.05) is 30.3 Å². The van der Waals surface area contributed by atoms with Gasteiger partial charge in [-0.3, -0.25) is 4.79 Å². The van der Waals surface area contributed by atoms with Gasteiger partial charge in [0.25, 0.3) is 15.1 Å². The molecule has 76 valence electrons. The van der Waals surface area contributed by atoms with E-state index in [4.69, 9.17) is 0 Å². The molecule has 0 aliphatic carbocycles. The highest BCUT2D eigenvalue weighted by Crippen LogP contribution is 2.02. The molecule has 1 N–H and O–H groups in total. The molecule has 0 radical (unpaired) electrons. The fourth-order valence-corrected chi connectivity index (χ4v) is 1.56. The minimum absolute atomic E-state index is 0.0932. The summed E-state index contributed by atoms with van der Waals surface area (Å²) in [6.07, 6.45) is -0.0932. The predicted molar refractivity (Wildman–Crippen MR) is 53.1 cm³/mol. The largest absolute Gasteiger partial charge is 0.280 e. The standard InChI is InChI=1S/C9H11NO3S/c1-10-14(12,13)9(11)7-8-5-3-2-4-6-8/h2-6,10H,7H2,1H3. The molecule has 0 unspecified atom stereocenters. The van der Waals surface area contributed by atoms with Gasteiger partial charge in [0, 0.05) is 6.42 Å². The Morgan fingerprint density at radius 2 is 1.86 bits per heavy atom. The van der Waals surface area contributed by atoms with Crippen LogP contribution in [0.5, 0.6) is 0 Å². The van der Waals surface area contributed by atoms with Crippen LogP contribution in [0.3, 0.4) is 0 Å². The lowest BCUT2D eigenvalue weighted by Gasteiger charge is -2.00. The number of carbonyl (C=O) groups is 1. The van der Waals surface area contributed by atoms with E-state index in [1.165, 1.54) is 7.05 Å². The van der Waals surface area contributed by atoms with Crippen LogP contribution in [0, 0.1) is 0 Å². The van der Waals surface area contributed by atoms with Crippen LogP contribution in [-0.4, -0.2) is 20.6 Å². The fourth-order valence-electron chi connectivity index (χ4n) is 0.971. The maximum absolute atomic E-state index is 11.2. The summed E-state index contributed by atoms with van der Waals surface area (Å²) in [5.41, 5.74) is 0.691. The van der Waals surface area contributed by atoms with Gasteiger partial charge < -0.3 is 0 Å². The quantitative estimate of drug-likeness (QED) is 0.785. The second kappa shape index (κ2) is 4.34. The summed E-state index contributed by atoms with van der Waals surface area (Å²) < 4.78 is 24.1. The van der Waals surface area contributed by atoms with Crippen molar-refractivity contribution in [2.75, 3.05) is 7.05 Å². The zero-order chi connectivity index (χ0) is 10.6. The van der Waals surface area contributed by atoms with Crippen molar-refractivity contribution in [1.29, 1.82) is 0 Å². The van der Waals surface area contributed by atoms with Crippen LogP contribution >= 0.6 is 0 Å². The summed E-state index contributed by atoms with van der Waals surface area (Å²) in [6.45, 7) is 0. The van der Waals surface area contributed by atoms with Crippen molar-refractivity contribution in [2.24, 2.45) is 0 Å². The molecule has 0 aliphatic rings. The zero-order valence-corrected chi connectivity index (χ0v) is 8.54. The maximum Gasteiger partial charge on any atom is 0.274 e. The molecule has 0 aliphatic heterocycles. The number of carbonyl (C=O) groups excluding carboxylic acids is 1. The van der Waals surface area contributed by atoms with Gasteiger partial charge in [0.15, 0.2) is 0 Å². The van der Waals surface area contributed by atoms with E-state index in [1.807, 2.05) is 4.72 Å². The van der Waals surface area contributed by atoms with Crippen LogP contribution in [0.1, 0.15) is 5.56 Å². The molecule has 0 fully saturated rings. The molecule has 0 spiro atoms. The van der Waals surface area contributed by atoms with E-state index in [1.54, 1.807) is 30.3 Å². The average molecular weight is 213 g/mol. The van der Waals surface area contributed by atoms with Gasteiger partial charge in [-0.05, 0) is 12.6 Å². The van der Waals surface area contributed by atoms with Crippen LogP contribution in [0.15, 0.2) is 30.3 Å². The number of nitrogens with one attached hydrogen (secondary N) is 1. The highest BCUT2D eigenvalue weighted by molar-refractivity contribution is 8.04. The van der Waals surface area contributed by atoms with E-state index in [-0.39, 0.29) is 6.42 Å². The molecule has 1 aromatic rings. The normalized spacial score (nSPS) is 11.2. The zero-order valence-electron chi connectivity index (χ0n) is 7.73. The van der Waals surface area contributed by atoms with Crippen LogP contribution in [0.4, 0.5) is 0 Å². The third-order valence-corrected chi connectivity index (χ3v) is 3.04. The van der Waals surface area contributed by atoms with Crippen molar-refractivity contribution in [1.82, 2.24) is 4.72 Å². The Morgan fingerprint density at radius 1 is 1.29 bits per heavy atom. The molecule has 0 amide bonds. The third-order valence-electron chi connectivity index (χ3n) is 1.76. The van der Waals surface area contributed by atoms with Crippen LogP contribution in [0.25, 0.3) is 0 Å². The first kappa shape index (κ1) is 10.9. The summed E-state index contributed by atoms with van der Waals surface area (Å²) in [5, 5.41) is -0.814. The van der Waals surface area contributed by atoms with E-state index in [0.717, 1.165) is 0 Å². The Labute approximate surface area is 83.0 Å². The first-order chi connectivity index (χ1) is 6.56. The molecule has 0 saturated heterocycles. The molecule has 0 aromatic heterocycles. The van der Waals surface area contributed by atoms with Crippen LogP contribution < -0.4 is 4.72 Å². The molecule has 1 rings (SSSR count). The van der Waals surface area contributed by atoms with Gasteiger partial charge >= 0.3 is 0 Å². The molecule has 0 heterocycles. The number of rotatable bonds is 3. The highest BCUT2D eigenvalue weighted by atomic mass is 32.2. The van der Waals surface area contributed by atoms with Crippen LogP contribution in [-0.2, 0) is 21.2 Å². The van der Waals surface area contributed by atoms with E-state index >= 15 is 0 Å². The summed E-state index contributed by atoms with van der Waals surface area (Å²) in [7, 11) is -2.56. The minimum atomic E-state index is -3.79. The molecule has 0 bridgehead atoms. The topological polar surface area (TPSA) is 63.2 Å². The van der Waals surface area contributed by atoms with E-state index in [0.29, 0.717) is 5.56 Å². The number of benzene rings is 1. The van der Waals surface area contributed by atoms with Crippen molar-refractivity contribution in [2.45, 2.75) is 6.42 Å². The maximum atomic E-state index is 11.2. The van der Waals surface area contributed by atoms with Crippen molar-refractivity contribution < 1.29 is 13.2 Å². The number of hydrogen-bond acceptors (Lipinski definition) is 3. The van der Waals surface area contributed by atoms with Gasteiger partial charge in [0.2, 0.25) is 0 Å². The average Bonchev–Trinajstić information content (AvgIpc) is 2.19. The Bertz CT molecular complexity index is 411. The second-order valence-corrected chi connectivity index (χ2v) is 4.61. The molecule has 0 saturated carbocycles. The van der Waals surface area contributed by atoms with E-state index in [9.17, 15) is 13.2 Å². The summed E-state index contributed by atoms with van der Waals surface area (Å²) in [4.78, 5) is 11.2. The lowest BCUT2D eigenvalue weighted by molar-refractivity contribution is -0.111.